The highest BCUT2D eigenvalue weighted by atomic mass is 32.2. The molecule has 3 aromatic heterocycles. The lowest BCUT2D eigenvalue weighted by molar-refractivity contribution is 0.573. The van der Waals surface area contributed by atoms with Gasteiger partial charge >= 0.3 is 5.69 Å². The van der Waals surface area contributed by atoms with Crippen molar-refractivity contribution < 1.29 is 4.42 Å². The van der Waals surface area contributed by atoms with Gasteiger partial charge in [-0.2, -0.15) is 0 Å². The number of H-pyrrole nitrogens is 1. The number of thioether (sulfide) groups is 1. The van der Waals surface area contributed by atoms with Crippen molar-refractivity contribution in [2.75, 3.05) is 0 Å². The van der Waals surface area contributed by atoms with Crippen LogP contribution in [0.2, 0.25) is 0 Å². The van der Waals surface area contributed by atoms with E-state index in [1.807, 2.05) is 17.5 Å². The van der Waals surface area contributed by atoms with E-state index in [2.05, 4.69) is 22.1 Å². The molecular formula is C14H16N4O2S2. The molecule has 0 saturated heterocycles. The van der Waals surface area contributed by atoms with Crippen LogP contribution in [0.4, 0.5) is 0 Å². The normalized spacial score (nSPS) is 11.1. The summed E-state index contributed by atoms with van der Waals surface area (Å²) in [5.41, 5.74) is 0.810. The molecule has 0 amide bonds. The van der Waals surface area contributed by atoms with Crippen LogP contribution in [0.1, 0.15) is 25.5 Å². The fourth-order valence-electron chi connectivity index (χ4n) is 1.95. The van der Waals surface area contributed by atoms with Gasteiger partial charge < -0.3 is 4.42 Å². The molecule has 0 aliphatic heterocycles. The first-order valence-electron chi connectivity index (χ1n) is 7.04. The zero-order valence-corrected chi connectivity index (χ0v) is 13.7. The predicted molar refractivity (Wildman–Crippen MR) is 87.1 cm³/mol. The fourth-order valence-corrected chi connectivity index (χ4v) is 3.71. The van der Waals surface area contributed by atoms with Crippen molar-refractivity contribution in [2.24, 2.45) is 0 Å². The van der Waals surface area contributed by atoms with Gasteiger partial charge in [-0.05, 0) is 18.6 Å². The molecule has 0 atom stereocenters. The van der Waals surface area contributed by atoms with Crippen molar-refractivity contribution in [3.63, 3.8) is 0 Å². The first-order valence-corrected chi connectivity index (χ1v) is 8.90. The zero-order valence-electron chi connectivity index (χ0n) is 12.1. The lowest BCUT2D eigenvalue weighted by Crippen LogP contribution is -2.17. The number of nitrogens with one attached hydrogen (secondary N) is 1. The third-order valence-electron chi connectivity index (χ3n) is 3.09. The second-order valence-corrected chi connectivity index (χ2v) is 6.53. The van der Waals surface area contributed by atoms with Gasteiger partial charge in [-0.3, -0.25) is 4.57 Å². The molecule has 8 heteroatoms. The highest BCUT2D eigenvalue weighted by molar-refractivity contribution is 7.98. The van der Waals surface area contributed by atoms with E-state index in [4.69, 9.17) is 4.42 Å². The minimum atomic E-state index is -0.148. The Balaban J connectivity index is 1.67. The Labute approximate surface area is 135 Å². The number of thiazole rings is 1. The van der Waals surface area contributed by atoms with Gasteiger partial charge in [0, 0.05) is 17.7 Å². The Morgan fingerprint density at radius 1 is 1.50 bits per heavy atom. The minimum absolute atomic E-state index is 0.148. The molecule has 1 N–H and O–H groups in total. The van der Waals surface area contributed by atoms with Crippen molar-refractivity contribution in [3.05, 3.63) is 40.0 Å². The monoisotopic (exact) mass is 336 g/mol. The number of furan rings is 1. The third-order valence-corrected chi connectivity index (χ3v) is 5.01. The van der Waals surface area contributed by atoms with Gasteiger partial charge in [0.2, 0.25) is 0 Å². The standard InChI is InChI=1S/C14H16N4O2S2/c1-2-3-6-18-13(19)16-17-14(18)22-9-10-8-21-12(15-10)11-5-4-7-20-11/h4-5,7-8H,2-3,6,9H2,1H3,(H,16,19). The van der Waals surface area contributed by atoms with E-state index in [9.17, 15) is 4.79 Å². The molecule has 0 bridgehead atoms. The van der Waals surface area contributed by atoms with Gasteiger partial charge in [-0.15, -0.1) is 16.4 Å². The predicted octanol–water partition coefficient (Wildman–Crippen LogP) is 3.38. The Morgan fingerprint density at radius 2 is 2.41 bits per heavy atom. The second kappa shape index (κ2) is 6.97. The van der Waals surface area contributed by atoms with Crippen LogP contribution >= 0.6 is 23.1 Å². The number of aromatic nitrogens is 4. The summed E-state index contributed by atoms with van der Waals surface area (Å²) in [5, 5.41) is 10.2. The van der Waals surface area contributed by atoms with Crippen LogP contribution in [-0.2, 0) is 12.3 Å². The summed E-state index contributed by atoms with van der Waals surface area (Å²) in [5.74, 6) is 1.45. The van der Waals surface area contributed by atoms with E-state index in [-0.39, 0.29) is 5.69 Å². The molecule has 116 valence electrons. The molecule has 0 aromatic carbocycles. The number of hydrogen-bond donors (Lipinski definition) is 1. The van der Waals surface area contributed by atoms with Crippen LogP contribution in [-0.4, -0.2) is 19.7 Å². The molecule has 0 aliphatic carbocycles. The number of rotatable bonds is 7. The molecule has 3 heterocycles. The summed E-state index contributed by atoms with van der Waals surface area (Å²) < 4.78 is 7.03. The molecule has 0 radical (unpaired) electrons. The van der Waals surface area contributed by atoms with E-state index < -0.39 is 0 Å². The van der Waals surface area contributed by atoms with Gasteiger partial charge in [0.1, 0.15) is 0 Å². The summed E-state index contributed by atoms with van der Waals surface area (Å²) in [6, 6.07) is 3.74. The van der Waals surface area contributed by atoms with Gasteiger partial charge in [-0.1, -0.05) is 25.1 Å². The molecule has 22 heavy (non-hydrogen) atoms. The number of unbranched alkanes of at least 4 members (excludes halogenated alkanes) is 1. The first kappa shape index (κ1) is 15.1. The number of hydrogen-bond acceptors (Lipinski definition) is 6. The Morgan fingerprint density at radius 3 is 3.18 bits per heavy atom. The Bertz CT molecular complexity index is 773. The van der Waals surface area contributed by atoms with Crippen molar-refractivity contribution >= 4 is 23.1 Å². The third kappa shape index (κ3) is 3.33. The second-order valence-electron chi connectivity index (χ2n) is 4.73. The van der Waals surface area contributed by atoms with Crippen LogP contribution < -0.4 is 5.69 Å². The minimum Gasteiger partial charge on any atom is -0.462 e. The van der Waals surface area contributed by atoms with Gasteiger partial charge in [0.05, 0.1) is 12.0 Å². The van der Waals surface area contributed by atoms with E-state index >= 15 is 0 Å². The molecule has 3 rings (SSSR count). The summed E-state index contributed by atoms with van der Waals surface area (Å²) in [4.78, 5) is 16.3. The van der Waals surface area contributed by atoms with Crippen LogP contribution in [0.3, 0.4) is 0 Å². The lowest BCUT2D eigenvalue weighted by atomic mass is 10.3. The van der Waals surface area contributed by atoms with E-state index in [0.29, 0.717) is 17.5 Å². The number of aromatic amines is 1. The van der Waals surface area contributed by atoms with Gasteiger partial charge in [0.25, 0.3) is 0 Å². The average molecular weight is 336 g/mol. The van der Waals surface area contributed by atoms with E-state index in [1.165, 1.54) is 11.8 Å². The molecule has 3 aromatic rings. The van der Waals surface area contributed by atoms with Crippen molar-refractivity contribution in [1.82, 2.24) is 19.7 Å². The SMILES string of the molecule is CCCCn1c(SCc2csc(-c3ccco3)n2)n[nH]c1=O. The Kier molecular flexibility index (Phi) is 4.79. The van der Waals surface area contributed by atoms with Crippen LogP contribution in [0.15, 0.2) is 38.1 Å². The zero-order chi connectivity index (χ0) is 15.4. The lowest BCUT2D eigenvalue weighted by Gasteiger charge is -2.03. The fraction of sp³-hybridized carbons (Fsp3) is 0.357. The Hall–Kier alpha value is -1.80. The summed E-state index contributed by atoms with van der Waals surface area (Å²) in [6.07, 6.45) is 3.65. The van der Waals surface area contributed by atoms with Crippen LogP contribution in [0.5, 0.6) is 0 Å². The highest BCUT2D eigenvalue weighted by Crippen LogP contribution is 2.27. The molecule has 0 spiro atoms. The average Bonchev–Trinajstić information content (AvgIpc) is 3.24. The van der Waals surface area contributed by atoms with Gasteiger partial charge in [-0.25, -0.2) is 14.9 Å². The summed E-state index contributed by atoms with van der Waals surface area (Å²) in [7, 11) is 0. The molecular weight excluding hydrogens is 320 g/mol. The van der Waals surface area contributed by atoms with Crippen molar-refractivity contribution in [2.45, 2.75) is 37.2 Å². The first-order chi connectivity index (χ1) is 10.8. The maximum Gasteiger partial charge on any atom is 0.343 e. The van der Waals surface area contributed by atoms with Crippen LogP contribution in [0.25, 0.3) is 10.8 Å². The maximum absolute atomic E-state index is 11.7. The molecule has 0 unspecified atom stereocenters. The quantitative estimate of drug-likeness (QED) is 0.669. The van der Waals surface area contributed by atoms with Gasteiger partial charge in [0.15, 0.2) is 15.9 Å². The largest absolute Gasteiger partial charge is 0.462 e. The smallest absolute Gasteiger partial charge is 0.343 e. The van der Waals surface area contributed by atoms with E-state index in [0.717, 1.165) is 29.3 Å². The summed E-state index contributed by atoms with van der Waals surface area (Å²) >= 11 is 3.07. The van der Waals surface area contributed by atoms with Crippen molar-refractivity contribution in [3.8, 4) is 10.8 Å². The molecule has 0 fully saturated rings. The molecule has 0 saturated carbocycles. The number of nitrogens with zero attached hydrogens (tertiary/aromatic N) is 3. The van der Waals surface area contributed by atoms with Crippen molar-refractivity contribution in [1.29, 1.82) is 0 Å². The molecule has 6 nitrogen and oxygen atoms in total. The summed E-state index contributed by atoms with van der Waals surface area (Å²) in [6.45, 7) is 2.80. The maximum atomic E-state index is 11.7. The van der Waals surface area contributed by atoms with E-state index in [1.54, 1.807) is 22.2 Å². The molecule has 0 aliphatic rings. The topological polar surface area (TPSA) is 76.7 Å². The highest BCUT2D eigenvalue weighted by Gasteiger charge is 2.11. The van der Waals surface area contributed by atoms with Crippen LogP contribution in [0, 0.1) is 0 Å².